The van der Waals surface area contributed by atoms with Crippen LogP contribution in [0.2, 0.25) is 0 Å². The molecule has 1 aromatic carbocycles. The summed E-state index contributed by atoms with van der Waals surface area (Å²) in [7, 11) is 0. The molecule has 1 aliphatic heterocycles. The van der Waals surface area contributed by atoms with E-state index in [-0.39, 0.29) is 5.92 Å². The van der Waals surface area contributed by atoms with Crippen LogP contribution in [0, 0.1) is 5.92 Å². The number of imide groups is 1. The van der Waals surface area contributed by atoms with Gasteiger partial charge in [-0.15, -0.1) is 0 Å². The number of β-amino-alcohol motifs (C(OH)–C–C–N with tert-alkyl or cyclic N) is 1. The van der Waals surface area contributed by atoms with Crippen molar-refractivity contribution in [3.8, 4) is 0 Å². The minimum absolute atomic E-state index is 0.244. The number of nitrogens with one attached hydrogen (secondary N) is 1. The van der Waals surface area contributed by atoms with Crippen LogP contribution in [0.25, 0.3) is 0 Å². The molecule has 25 heavy (non-hydrogen) atoms. The van der Waals surface area contributed by atoms with Crippen molar-refractivity contribution in [1.29, 1.82) is 0 Å². The van der Waals surface area contributed by atoms with Crippen LogP contribution in [-0.2, 0) is 4.79 Å². The Morgan fingerprint density at radius 2 is 2.00 bits per heavy atom. The molecule has 0 aromatic heterocycles. The Balaban J connectivity index is 2.33. The fraction of sp³-hybridized carbons (Fsp3) is 0.579. The zero-order chi connectivity index (χ0) is 18.4. The van der Waals surface area contributed by atoms with Crippen molar-refractivity contribution >= 4 is 11.8 Å². The summed E-state index contributed by atoms with van der Waals surface area (Å²) in [5.74, 6) is -0.558. The second-order valence-corrected chi connectivity index (χ2v) is 7.10. The van der Waals surface area contributed by atoms with E-state index in [0.717, 1.165) is 13.0 Å². The maximum atomic E-state index is 13.1. The van der Waals surface area contributed by atoms with E-state index in [9.17, 15) is 14.7 Å². The molecule has 4 N–H and O–H groups in total. The van der Waals surface area contributed by atoms with Crippen LogP contribution in [-0.4, -0.2) is 53.1 Å². The third kappa shape index (κ3) is 5.11. The Morgan fingerprint density at radius 1 is 1.32 bits per heavy atom. The first-order valence-electron chi connectivity index (χ1n) is 8.98. The van der Waals surface area contributed by atoms with E-state index < -0.39 is 30.0 Å². The lowest BCUT2D eigenvalue weighted by Gasteiger charge is -2.34. The van der Waals surface area contributed by atoms with Crippen molar-refractivity contribution in [2.75, 3.05) is 13.1 Å². The summed E-state index contributed by atoms with van der Waals surface area (Å²) in [6.45, 7) is 5.09. The SMILES string of the molecule is CC(C)C[C@H](N)C(=O)N(C(=O)c1ccccc1)C1CCCNCC1O. The minimum atomic E-state index is -0.801. The number of amides is 2. The maximum Gasteiger partial charge on any atom is 0.260 e. The predicted octanol–water partition coefficient (Wildman–Crippen LogP) is 1.14. The summed E-state index contributed by atoms with van der Waals surface area (Å²) in [6.07, 6.45) is 1.04. The van der Waals surface area contributed by atoms with Crippen molar-refractivity contribution in [2.45, 2.75) is 51.3 Å². The van der Waals surface area contributed by atoms with Crippen LogP contribution in [0.15, 0.2) is 30.3 Å². The molecule has 2 amide bonds. The van der Waals surface area contributed by atoms with Crippen molar-refractivity contribution < 1.29 is 14.7 Å². The molecule has 1 aromatic rings. The van der Waals surface area contributed by atoms with Gasteiger partial charge >= 0.3 is 0 Å². The molecular formula is C19H29N3O3. The highest BCUT2D eigenvalue weighted by Gasteiger charge is 2.37. The van der Waals surface area contributed by atoms with Crippen LogP contribution in [0.1, 0.15) is 43.5 Å². The Kier molecular flexibility index (Phi) is 7.11. The lowest BCUT2D eigenvalue weighted by atomic mass is 9.98. The minimum Gasteiger partial charge on any atom is -0.390 e. The van der Waals surface area contributed by atoms with Gasteiger partial charge < -0.3 is 16.2 Å². The van der Waals surface area contributed by atoms with E-state index >= 15 is 0 Å². The molecule has 0 radical (unpaired) electrons. The molecule has 1 aliphatic rings. The molecule has 6 heteroatoms. The summed E-state index contributed by atoms with van der Waals surface area (Å²) in [4.78, 5) is 27.3. The van der Waals surface area contributed by atoms with Gasteiger partial charge in [-0.1, -0.05) is 32.0 Å². The molecule has 138 valence electrons. The van der Waals surface area contributed by atoms with Crippen molar-refractivity contribution in [2.24, 2.45) is 11.7 Å². The van der Waals surface area contributed by atoms with Crippen molar-refractivity contribution in [3.63, 3.8) is 0 Å². The molecule has 0 spiro atoms. The topological polar surface area (TPSA) is 95.7 Å². The third-order valence-corrected chi connectivity index (χ3v) is 4.50. The van der Waals surface area contributed by atoms with E-state index in [1.54, 1.807) is 24.3 Å². The van der Waals surface area contributed by atoms with Crippen LogP contribution in [0.5, 0.6) is 0 Å². The molecule has 0 aliphatic carbocycles. The second kappa shape index (κ2) is 9.08. The fourth-order valence-corrected chi connectivity index (χ4v) is 3.24. The summed E-state index contributed by atoms with van der Waals surface area (Å²) >= 11 is 0. The van der Waals surface area contributed by atoms with Gasteiger partial charge in [0, 0.05) is 12.1 Å². The standard InChI is InChI=1S/C19H29N3O3/c1-13(2)11-15(20)19(25)22(16-9-6-10-21-12-17(16)23)18(24)14-7-4-3-5-8-14/h3-5,7-8,13,15-17,21,23H,6,9-12,20H2,1-2H3/t15-,16?,17?/m0/s1. The van der Waals surface area contributed by atoms with Crippen molar-refractivity contribution in [3.05, 3.63) is 35.9 Å². The molecule has 2 unspecified atom stereocenters. The number of hydrogen-bond acceptors (Lipinski definition) is 5. The first-order chi connectivity index (χ1) is 11.9. The van der Waals surface area contributed by atoms with Gasteiger partial charge in [-0.25, -0.2) is 0 Å². The summed E-state index contributed by atoms with van der Waals surface area (Å²) < 4.78 is 0. The van der Waals surface area contributed by atoms with Gasteiger partial charge in [-0.3, -0.25) is 14.5 Å². The number of rotatable bonds is 5. The smallest absolute Gasteiger partial charge is 0.260 e. The zero-order valence-electron chi connectivity index (χ0n) is 15.0. The van der Waals surface area contributed by atoms with Gasteiger partial charge in [0.2, 0.25) is 5.91 Å². The van der Waals surface area contributed by atoms with E-state index in [1.807, 2.05) is 19.9 Å². The predicted molar refractivity (Wildman–Crippen MR) is 96.9 cm³/mol. The number of nitrogens with zero attached hydrogens (tertiary/aromatic N) is 1. The molecule has 1 fully saturated rings. The average molecular weight is 347 g/mol. The van der Waals surface area contributed by atoms with Crippen molar-refractivity contribution in [1.82, 2.24) is 10.2 Å². The number of aliphatic hydroxyl groups excluding tert-OH is 1. The van der Waals surface area contributed by atoms with Gasteiger partial charge in [-0.05, 0) is 43.9 Å². The number of carbonyl (C=O) groups is 2. The number of nitrogens with two attached hydrogens (primary N) is 1. The van der Waals surface area contributed by atoms with Gasteiger partial charge in [-0.2, -0.15) is 0 Å². The van der Waals surface area contributed by atoms with Crippen LogP contribution >= 0.6 is 0 Å². The molecule has 1 saturated heterocycles. The quantitative estimate of drug-likeness (QED) is 0.742. The molecule has 3 atom stereocenters. The average Bonchev–Trinajstić information content (AvgIpc) is 2.80. The van der Waals surface area contributed by atoms with Gasteiger partial charge in [0.25, 0.3) is 5.91 Å². The normalized spacial score (nSPS) is 22.3. The second-order valence-electron chi connectivity index (χ2n) is 7.10. The molecule has 1 heterocycles. The highest BCUT2D eigenvalue weighted by atomic mass is 16.3. The Bertz CT molecular complexity index is 577. The first kappa shape index (κ1) is 19.6. The molecule has 2 rings (SSSR count). The molecule has 6 nitrogen and oxygen atoms in total. The largest absolute Gasteiger partial charge is 0.390 e. The Hall–Kier alpha value is -1.76. The zero-order valence-corrected chi connectivity index (χ0v) is 15.0. The Labute approximate surface area is 149 Å². The maximum absolute atomic E-state index is 13.1. The monoisotopic (exact) mass is 347 g/mol. The summed E-state index contributed by atoms with van der Waals surface area (Å²) in [5.41, 5.74) is 6.51. The van der Waals surface area contributed by atoms with E-state index in [4.69, 9.17) is 5.73 Å². The number of aliphatic hydroxyl groups is 1. The van der Waals surface area contributed by atoms with E-state index in [1.165, 1.54) is 4.90 Å². The molecule has 0 bridgehead atoms. The lowest BCUT2D eigenvalue weighted by molar-refractivity contribution is -0.134. The molecular weight excluding hydrogens is 318 g/mol. The number of carbonyl (C=O) groups excluding carboxylic acids is 2. The van der Waals surface area contributed by atoms with Crippen LogP contribution in [0.4, 0.5) is 0 Å². The highest BCUT2D eigenvalue weighted by Crippen LogP contribution is 2.20. The van der Waals surface area contributed by atoms with E-state index in [0.29, 0.717) is 24.9 Å². The van der Waals surface area contributed by atoms with Crippen LogP contribution < -0.4 is 11.1 Å². The fourth-order valence-electron chi connectivity index (χ4n) is 3.24. The lowest BCUT2D eigenvalue weighted by Crippen LogP contribution is -2.56. The van der Waals surface area contributed by atoms with Gasteiger partial charge in [0.1, 0.15) is 0 Å². The summed E-state index contributed by atoms with van der Waals surface area (Å²) in [5, 5.41) is 13.6. The van der Waals surface area contributed by atoms with Gasteiger partial charge in [0.05, 0.1) is 18.2 Å². The molecule has 0 saturated carbocycles. The van der Waals surface area contributed by atoms with Crippen LogP contribution in [0.3, 0.4) is 0 Å². The number of hydrogen-bond donors (Lipinski definition) is 3. The highest BCUT2D eigenvalue weighted by molar-refractivity contribution is 6.06. The van der Waals surface area contributed by atoms with E-state index in [2.05, 4.69) is 5.32 Å². The number of benzene rings is 1. The summed E-state index contributed by atoms with van der Waals surface area (Å²) in [6, 6.07) is 7.38. The first-order valence-corrected chi connectivity index (χ1v) is 8.98. The third-order valence-electron chi connectivity index (χ3n) is 4.50. The van der Waals surface area contributed by atoms with Gasteiger partial charge in [0.15, 0.2) is 0 Å². The Morgan fingerprint density at radius 3 is 2.64 bits per heavy atom.